The zero-order chi connectivity index (χ0) is 20.7. The molecule has 1 aliphatic heterocycles. The first-order valence-electron chi connectivity index (χ1n) is 10.9. The summed E-state index contributed by atoms with van der Waals surface area (Å²) < 4.78 is 5.69. The highest BCUT2D eigenvalue weighted by Crippen LogP contribution is 2.30. The second-order valence-corrected chi connectivity index (χ2v) is 8.76. The summed E-state index contributed by atoms with van der Waals surface area (Å²) in [6, 6.07) is 5.65. The number of benzene rings is 1. The predicted molar refractivity (Wildman–Crippen MR) is 116 cm³/mol. The Morgan fingerprint density at radius 1 is 1.20 bits per heavy atom. The number of aryl methyl sites for hydroxylation is 1. The van der Waals surface area contributed by atoms with Crippen LogP contribution < -0.4 is 11.0 Å². The van der Waals surface area contributed by atoms with Crippen LogP contribution in [0.15, 0.2) is 38.5 Å². The average Bonchev–Trinajstić information content (AvgIpc) is 2.77. The molecule has 0 atom stereocenters. The number of nitrogens with one attached hydrogen (secondary N) is 1. The molecular formula is C24H27N3O3. The minimum Gasteiger partial charge on any atom is -0.464 e. The fourth-order valence-electron chi connectivity index (χ4n) is 4.84. The van der Waals surface area contributed by atoms with Crippen LogP contribution in [0.2, 0.25) is 0 Å². The van der Waals surface area contributed by atoms with Crippen molar-refractivity contribution in [1.29, 1.82) is 0 Å². The third-order valence-corrected chi connectivity index (χ3v) is 6.55. The minimum atomic E-state index is -0.0218. The van der Waals surface area contributed by atoms with Gasteiger partial charge in [0, 0.05) is 37.5 Å². The molecule has 1 aliphatic carbocycles. The van der Waals surface area contributed by atoms with E-state index in [1.807, 2.05) is 25.1 Å². The van der Waals surface area contributed by atoms with Crippen LogP contribution in [-0.2, 0) is 19.5 Å². The molecule has 5 rings (SSSR count). The molecule has 0 radical (unpaired) electrons. The lowest BCUT2D eigenvalue weighted by molar-refractivity contribution is 0.238. The molecule has 3 heterocycles. The molecule has 0 bridgehead atoms. The largest absolute Gasteiger partial charge is 0.464 e. The standard InChI is InChI=1S/C24H27N3O3/c1-15-7-8-21-18(11-15)22(28)17(14-30-21)12-27-10-9-20-19(13-27)24(29)26-23(25-20)16-5-3-2-4-6-16/h7-8,11,14,16H,2-6,9-10,12-13H2,1H3,(H,25,26,29). The number of aromatic nitrogens is 2. The van der Waals surface area contributed by atoms with E-state index in [-0.39, 0.29) is 11.0 Å². The first-order chi connectivity index (χ1) is 14.6. The van der Waals surface area contributed by atoms with Gasteiger partial charge >= 0.3 is 0 Å². The Balaban J connectivity index is 1.38. The normalized spacial score (nSPS) is 17.9. The Bertz CT molecular complexity index is 1200. The molecule has 2 aromatic heterocycles. The van der Waals surface area contributed by atoms with Crippen molar-refractivity contribution in [3.8, 4) is 0 Å². The van der Waals surface area contributed by atoms with Gasteiger partial charge < -0.3 is 9.40 Å². The lowest BCUT2D eigenvalue weighted by Gasteiger charge is -2.28. The predicted octanol–water partition coefficient (Wildman–Crippen LogP) is 3.79. The van der Waals surface area contributed by atoms with Crippen LogP contribution in [0.25, 0.3) is 11.0 Å². The van der Waals surface area contributed by atoms with E-state index in [2.05, 4.69) is 9.88 Å². The van der Waals surface area contributed by atoms with Gasteiger partial charge in [-0.15, -0.1) is 0 Å². The smallest absolute Gasteiger partial charge is 0.255 e. The summed E-state index contributed by atoms with van der Waals surface area (Å²) in [5.74, 6) is 1.26. The van der Waals surface area contributed by atoms with Crippen LogP contribution in [0.1, 0.15) is 66.2 Å². The van der Waals surface area contributed by atoms with Crippen LogP contribution in [0, 0.1) is 6.92 Å². The average molecular weight is 405 g/mol. The van der Waals surface area contributed by atoms with Gasteiger partial charge in [-0.1, -0.05) is 30.9 Å². The van der Waals surface area contributed by atoms with Crippen molar-refractivity contribution < 1.29 is 4.42 Å². The van der Waals surface area contributed by atoms with Gasteiger partial charge in [0.2, 0.25) is 0 Å². The number of rotatable bonds is 3. The molecule has 1 fully saturated rings. The highest BCUT2D eigenvalue weighted by Gasteiger charge is 2.25. The Hall–Kier alpha value is -2.73. The third kappa shape index (κ3) is 3.60. The van der Waals surface area contributed by atoms with Gasteiger partial charge in [-0.05, 0) is 31.9 Å². The van der Waals surface area contributed by atoms with E-state index in [0.29, 0.717) is 35.5 Å². The minimum absolute atomic E-state index is 0.00503. The molecule has 1 saturated carbocycles. The van der Waals surface area contributed by atoms with Crippen molar-refractivity contribution in [1.82, 2.24) is 14.9 Å². The van der Waals surface area contributed by atoms with Crippen LogP contribution in [0.4, 0.5) is 0 Å². The maximum atomic E-state index is 12.9. The van der Waals surface area contributed by atoms with Crippen molar-refractivity contribution in [2.45, 2.75) is 64.5 Å². The van der Waals surface area contributed by atoms with E-state index in [0.717, 1.165) is 48.5 Å². The van der Waals surface area contributed by atoms with Gasteiger partial charge in [-0.3, -0.25) is 14.5 Å². The first kappa shape index (κ1) is 19.2. The van der Waals surface area contributed by atoms with Gasteiger partial charge in [-0.25, -0.2) is 4.98 Å². The number of nitrogens with zero attached hydrogens (tertiary/aromatic N) is 2. The zero-order valence-corrected chi connectivity index (χ0v) is 17.4. The Kier molecular flexibility index (Phi) is 5.03. The highest BCUT2D eigenvalue weighted by molar-refractivity contribution is 5.77. The lowest BCUT2D eigenvalue weighted by Crippen LogP contribution is -2.37. The quantitative estimate of drug-likeness (QED) is 0.717. The summed E-state index contributed by atoms with van der Waals surface area (Å²) >= 11 is 0. The summed E-state index contributed by atoms with van der Waals surface area (Å²) in [6.45, 7) is 3.72. The van der Waals surface area contributed by atoms with E-state index < -0.39 is 0 Å². The summed E-state index contributed by atoms with van der Waals surface area (Å²) in [6.07, 6.45) is 8.24. The Morgan fingerprint density at radius 2 is 2.03 bits per heavy atom. The van der Waals surface area contributed by atoms with E-state index in [1.54, 1.807) is 6.26 Å². The van der Waals surface area contributed by atoms with Crippen molar-refractivity contribution in [2.24, 2.45) is 0 Å². The molecule has 0 spiro atoms. The van der Waals surface area contributed by atoms with E-state index in [4.69, 9.17) is 9.40 Å². The molecule has 2 aliphatic rings. The summed E-state index contributed by atoms with van der Waals surface area (Å²) in [4.78, 5) is 35.8. The molecule has 0 saturated heterocycles. The van der Waals surface area contributed by atoms with Gasteiger partial charge in [0.15, 0.2) is 5.43 Å². The number of fused-ring (bicyclic) bond motifs is 2. The Morgan fingerprint density at radius 3 is 2.87 bits per heavy atom. The monoisotopic (exact) mass is 405 g/mol. The van der Waals surface area contributed by atoms with Crippen molar-refractivity contribution in [3.63, 3.8) is 0 Å². The summed E-state index contributed by atoms with van der Waals surface area (Å²) in [5, 5.41) is 0.613. The van der Waals surface area contributed by atoms with E-state index in [1.165, 1.54) is 19.3 Å². The number of H-pyrrole nitrogens is 1. The van der Waals surface area contributed by atoms with Crippen LogP contribution in [-0.4, -0.2) is 21.4 Å². The number of hydrogen-bond donors (Lipinski definition) is 1. The lowest BCUT2D eigenvalue weighted by atomic mass is 9.88. The molecule has 0 unspecified atom stereocenters. The third-order valence-electron chi connectivity index (χ3n) is 6.55. The van der Waals surface area contributed by atoms with Crippen LogP contribution >= 0.6 is 0 Å². The molecule has 6 heteroatoms. The molecule has 1 N–H and O–H groups in total. The summed E-state index contributed by atoms with van der Waals surface area (Å²) in [7, 11) is 0. The van der Waals surface area contributed by atoms with Crippen LogP contribution in [0.5, 0.6) is 0 Å². The topological polar surface area (TPSA) is 79.2 Å². The SMILES string of the molecule is Cc1ccc2occ(CN3CCc4nc(C5CCCCC5)[nH]c(=O)c4C3)c(=O)c2c1. The maximum Gasteiger partial charge on any atom is 0.255 e. The van der Waals surface area contributed by atoms with Gasteiger partial charge in [0.1, 0.15) is 11.4 Å². The van der Waals surface area contributed by atoms with Crippen molar-refractivity contribution in [2.75, 3.05) is 6.54 Å². The summed E-state index contributed by atoms with van der Waals surface area (Å²) in [5.41, 5.74) is 3.91. The fraction of sp³-hybridized carbons (Fsp3) is 0.458. The maximum absolute atomic E-state index is 12.9. The molecule has 6 nitrogen and oxygen atoms in total. The Labute approximate surface area is 174 Å². The second-order valence-electron chi connectivity index (χ2n) is 8.76. The van der Waals surface area contributed by atoms with Crippen molar-refractivity contribution >= 4 is 11.0 Å². The van der Waals surface area contributed by atoms with Crippen LogP contribution in [0.3, 0.4) is 0 Å². The fourth-order valence-corrected chi connectivity index (χ4v) is 4.84. The number of hydrogen-bond acceptors (Lipinski definition) is 5. The molecule has 30 heavy (non-hydrogen) atoms. The molecule has 156 valence electrons. The molecule has 3 aromatic rings. The number of aromatic amines is 1. The van der Waals surface area contributed by atoms with Gasteiger partial charge in [0.05, 0.1) is 22.9 Å². The highest BCUT2D eigenvalue weighted by atomic mass is 16.3. The molecular weight excluding hydrogens is 378 g/mol. The second kappa shape index (κ2) is 7.84. The zero-order valence-electron chi connectivity index (χ0n) is 17.4. The first-order valence-corrected chi connectivity index (χ1v) is 10.9. The van der Waals surface area contributed by atoms with Gasteiger partial charge in [-0.2, -0.15) is 0 Å². The van der Waals surface area contributed by atoms with E-state index >= 15 is 0 Å². The molecule has 0 amide bonds. The molecule has 1 aromatic carbocycles. The van der Waals surface area contributed by atoms with Crippen molar-refractivity contribution in [3.05, 3.63) is 73.2 Å². The van der Waals surface area contributed by atoms with Gasteiger partial charge in [0.25, 0.3) is 5.56 Å². The van der Waals surface area contributed by atoms with E-state index in [9.17, 15) is 9.59 Å².